The third kappa shape index (κ3) is 6.68. The van der Waals surface area contributed by atoms with Crippen LogP contribution in [0.4, 0.5) is 11.4 Å². The van der Waals surface area contributed by atoms with Crippen LogP contribution in [-0.4, -0.2) is 4.92 Å². The summed E-state index contributed by atoms with van der Waals surface area (Å²) in [5.74, 6) is 0. The minimum atomic E-state index is -0.353. The molecule has 0 radical (unpaired) electrons. The number of benzene rings is 2. The van der Waals surface area contributed by atoms with Crippen molar-refractivity contribution in [2.75, 3.05) is 5.73 Å². The normalized spacial score (nSPS) is 11.5. The molecule has 0 aliphatic carbocycles. The fraction of sp³-hybridized carbons (Fsp3) is 0.400. The number of nitro benzene ring substituents is 1. The molecule has 142 valence electrons. The zero-order valence-electron chi connectivity index (χ0n) is 16.1. The molecule has 0 amide bonds. The maximum absolute atomic E-state index is 10.6. The Kier molecular flexibility index (Phi) is 7.88. The van der Waals surface area contributed by atoms with Crippen molar-refractivity contribution in [1.29, 1.82) is 0 Å². The molecule has 0 spiro atoms. The lowest BCUT2D eigenvalue weighted by molar-refractivity contribution is -0.385. The number of nitro groups is 1. The number of nitrogens with zero attached hydrogens (tertiary/aromatic N) is 1. The Morgan fingerprint density at radius 2 is 1.27 bits per heavy atom. The Balaban J connectivity index is 0.000000263. The highest BCUT2D eigenvalue weighted by atomic mass is 127. The first-order chi connectivity index (χ1) is 11.7. The zero-order chi connectivity index (χ0) is 20.3. The van der Waals surface area contributed by atoms with Gasteiger partial charge in [-0.1, -0.05) is 53.7 Å². The number of hydrogen-bond donors (Lipinski definition) is 1. The minimum Gasteiger partial charge on any atom is -0.398 e. The lowest BCUT2D eigenvalue weighted by atomic mass is 9.87. The number of halogens is 2. The highest BCUT2D eigenvalue weighted by Gasteiger charge is 2.18. The van der Waals surface area contributed by atoms with Gasteiger partial charge >= 0.3 is 0 Å². The molecule has 0 saturated heterocycles. The lowest BCUT2D eigenvalue weighted by Gasteiger charge is -2.19. The Hall–Kier alpha value is -0.900. The van der Waals surface area contributed by atoms with E-state index in [9.17, 15) is 10.1 Å². The van der Waals surface area contributed by atoms with Crippen LogP contribution in [0.2, 0.25) is 0 Å². The van der Waals surface area contributed by atoms with Crippen LogP contribution in [0.3, 0.4) is 0 Å². The summed E-state index contributed by atoms with van der Waals surface area (Å²) >= 11 is 4.26. The van der Waals surface area contributed by atoms with Crippen LogP contribution in [0.1, 0.15) is 52.7 Å². The smallest absolute Gasteiger partial charge is 0.282 e. The van der Waals surface area contributed by atoms with Gasteiger partial charge in [0.05, 0.1) is 8.49 Å². The summed E-state index contributed by atoms with van der Waals surface area (Å²) in [5.41, 5.74) is 9.47. The average Bonchev–Trinajstić information content (AvgIpc) is 2.48. The molecule has 0 saturated carbocycles. The van der Waals surface area contributed by atoms with Crippen LogP contribution in [0.15, 0.2) is 36.4 Å². The van der Waals surface area contributed by atoms with Crippen molar-refractivity contribution >= 4 is 56.6 Å². The third-order valence-corrected chi connectivity index (χ3v) is 5.68. The van der Waals surface area contributed by atoms with Crippen molar-refractivity contribution in [1.82, 2.24) is 0 Å². The first kappa shape index (κ1) is 23.1. The molecule has 0 atom stereocenters. The van der Waals surface area contributed by atoms with E-state index < -0.39 is 0 Å². The number of rotatable bonds is 1. The van der Waals surface area contributed by atoms with E-state index in [1.807, 2.05) is 40.8 Å². The van der Waals surface area contributed by atoms with Crippen LogP contribution >= 0.6 is 45.2 Å². The predicted molar refractivity (Wildman–Crippen MR) is 127 cm³/mol. The molecule has 0 aliphatic heterocycles. The molecule has 0 fully saturated rings. The van der Waals surface area contributed by atoms with E-state index in [4.69, 9.17) is 5.73 Å². The van der Waals surface area contributed by atoms with Gasteiger partial charge in [-0.15, -0.1) is 0 Å². The maximum atomic E-state index is 10.6. The number of nitrogen functional groups attached to an aromatic ring is 1. The molecule has 6 heteroatoms. The van der Waals surface area contributed by atoms with Gasteiger partial charge in [-0.25, -0.2) is 0 Å². The molecular weight excluding hydrogens is 554 g/mol. The van der Waals surface area contributed by atoms with Crippen LogP contribution < -0.4 is 5.73 Å². The molecule has 0 heterocycles. The molecule has 26 heavy (non-hydrogen) atoms. The van der Waals surface area contributed by atoms with Crippen LogP contribution in [0.25, 0.3) is 0 Å². The highest BCUT2D eigenvalue weighted by molar-refractivity contribution is 14.1. The standard InChI is InChI=1S/C10H12INO2.C10H14IN/c1-10(2,3)7-4-5-9(12(13)14)8(11)6-7;1-10(2,3)7-4-5-9(12)8(11)6-7/h4-6H,1-3H3;4-6H,12H2,1-3H3. The number of hydrogen-bond acceptors (Lipinski definition) is 3. The molecule has 4 nitrogen and oxygen atoms in total. The predicted octanol–water partition coefficient (Wildman–Crippen LogP) is 6.67. The number of anilines is 1. The summed E-state index contributed by atoms with van der Waals surface area (Å²) in [4.78, 5) is 10.2. The van der Waals surface area contributed by atoms with Gasteiger partial charge < -0.3 is 5.73 Å². The molecule has 2 aromatic carbocycles. The van der Waals surface area contributed by atoms with Gasteiger partial charge in [-0.2, -0.15) is 0 Å². The Labute approximate surface area is 183 Å². The second-order valence-electron chi connectivity index (χ2n) is 8.16. The van der Waals surface area contributed by atoms with E-state index in [2.05, 4.69) is 76.3 Å². The highest BCUT2D eigenvalue weighted by Crippen LogP contribution is 2.28. The van der Waals surface area contributed by atoms with E-state index >= 15 is 0 Å². The van der Waals surface area contributed by atoms with Gasteiger partial charge in [0, 0.05) is 15.3 Å². The summed E-state index contributed by atoms with van der Waals surface area (Å²) in [6, 6.07) is 11.5. The molecule has 2 aromatic rings. The second kappa shape index (κ2) is 8.86. The van der Waals surface area contributed by atoms with Gasteiger partial charge in [-0.05, 0) is 85.3 Å². The van der Waals surface area contributed by atoms with Crippen LogP contribution in [-0.2, 0) is 10.8 Å². The van der Waals surface area contributed by atoms with E-state index in [0.717, 1.165) is 14.8 Å². The van der Waals surface area contributed by atoms with E-state index in [0.29, 0.717) is 3.57 Å². The van der Waals surface area contributed by atoms with Crippen LogP contribution in [0, 0.1) is 17.3 Å². The zero-order valence-corrected chi connectivity index (χ0v) is 20.4. The average molecular weight is 580 g/mol. The fourth-order valence-electron chi connectivity index (χ4n) is 2.12. The first-order valence-corrected chi connectivity index (χ1v) is 10.4. The summed E-state index contributed by atoms with van der Waals surface area (Å²) in [6.07, 6.45) is 0. The van der Waals surface area contributed by atoms with Gasteiger partial charge in [0.2, 0.25) is 0 Å². The number of nitrogens with two attached hydrogens (primary N) is 1. The van der Waals surface area contributed by atoms with Crippen molar-refractivity contribution in [3.8, 4) is 0 Å². The summed E-state index contributed by atoms with van der Waals surface area (Å²) in [6.45, 7) is 12.9. The summed E-state index contributed by atoms with van der Waals surface area (Å²) < 4.78 is 1.83. The van der Waals surface area contributed by atoms with Crippen molar-refractivity contribution in [2.45, 2.75) is 52.4 Å². The van der Waals surface area contributed by atoms with Gasteiger partial charge in [0.15, 0.2) is 0 Å². The van der Waals surface area contributed by atoms with Gasteiger partial charge in [0.25, 0.3) is 5.69 Å². The Morgan fingerprint density at radius 1 is 0.846 bits per heavy atom. The van der Waals surface area contributed by atoms with Crippen LogP contribution in [0.5, 0.6) is 0 Å². The summed E-state index contributed by atoms with van der Waals surface area (Å²) in [7, 11) is 0. The molecule has 2 N–H and O–H groups in total. The SMILES string of the molecule is CC(C)(C)c1ccc(N)c(I)c1.CC(C)(C)c1ccc([N+](=O)[O-])c(I)c1. The van der Waals surface area contributed by atoms with Crippen molar-refractivity contribution in [3.05, 3.63) is 64.8 Å². The van der Waals surface area contributed by atoms with Crippen molar-refractivity contribution in [2.24, 2.45) is 0 Å². The van der Waals surface area contributed by atoms with Gasteiger partial charge in [-0.3, -0.25) is 10.1 Å². The van der Waals surface area contributed by atoms with Crippen molar-refractivity contribution in [3.63, 3.8) is 0 Å². The van der Waals surface area contributed by atoms with E-state index in [1.165, 1.54) is 5.56 Å². The molecule has 0 bridgehead atoms. The fourth-order valence-corrected chi connectivity index (χ4v) is 3.34. The molecular formula is C20H26I2N2O2. The van der Waals surface area contributed by atoms with Crippen molar-refractivity contribution < 1.29 is 4.92 Å². The quantitative estimate of drug-likeness (QED) is 0.178. The Morgan fingerprint density at radius 3 is 1.62 bits per heavy atom. The monoisotopic (exact) mass is 580 g/mol. The van der Waals surface area contributed by atoms with Gasteiger partial charge in [0.1, 0.15) is 0 Å². The second-order valence-corrected chi connectivity index (χ2v) is 10.5. The summed E-state index contributed by atoms with van der Waals surface area (Å²) in [5, 5.41) is 10.6. The Bertz CT molecular complexity index is 791. The van der Waals surface area contributed by atoms with E-state index in [-0.39, 0.29) is 21.4 Å². The molecule has 0 aliphatic rings. The minimum absolute atomic E-state index is 0.0368. The maximum Gasteiger partial charge on any atom is 0.282 e. The topological polar surface area (TPSA) is 69.2 Å². The van der Waals surface area contributed by atoms with E-state index in [1.54, 1.807) is 6.07 Å². The molecule has 2 rings (SSSR count). The molecule has 0 unspecified atom stereocenters. The first-order valence-electron chi connectivity index (χ1n) is 8.23. The largest absolute Gasteiger partial charge is 0.398 e. The third-order valence-electron chi connectivity index (χ3n) is 3.88. The lowest BCUT2D eigenvalue weighted by Crippen LogP contribution is -2.11. The molecule has 0 aromatic heterocycles.